The third kappa shape index (κ3) is 11.8. The number of aromatic nitrogens is 4. The number of benzene rings is 2. The highest BCUT2D eigenvalue weighted by Crippen LogP contribution is 2.41. The highest BCUT2D eigenvalue weighted by atomic mass is 32.1. The van der Waals surface area contributed by atoms with Gasteiger partial charge < -0.3 is 59.9 Å². The number of nitrogen functional groups attached to an aromatic ring is 1. The van der Waals surface area contributed by atoms with Gasteiger partial charge in [-0.2, -0.15) is 0 Å². The molecular weight excluding hydrogens is 1060 g/mol. The van der Waals surface area contributed by atoms with Crippen LogP contribution in [0.1, 0.15) is 120 Å². The number of aryl methyl sites for hydroxylation is 1. The molecule has 9 heterocycles. The van der Waals surface area contributed by atoms with Crippen molar-refractivity contribution in [1.82, 2.24) is 45.3 Å². The minimum atomic E-state index is -0.801. The average Bonchev–Trinajstić information content (AvgIpc) is 4.47. The maximum Gasteiger partial charge on any atom is 0.243 e. The quantitative estimate of drug-likeness (QED) is 0.0764. The summed E-state index contributed by atoms with van der Waals surface area (Å²) in [6.45, 7) is 16.3. The number of nitrogens with zero attached hydrogens (tertiary/aromatic N) is 10. The predicted molar refractivity (Wildman–Crippen MR) is 315 cm³/mol. The summed E-state index contributed by atoms with van der Waals surface area (Å²) in [6, 6.07) is 18.8. The number of piperidine rings is 3. The number of aliphatic hydroxyl groups is 1. The van der Waals surface area contributed by atoms with Crippen molar-refractivity contribution in [2.75, 3.05) is 81.0 Å². The smallest absolute Gasteiger partial charge is 0.243 e. The highest BCUT2D eigenvalue weighted by Gasteiger charge is 2.47. The summed E-state index contributed by atoms with van der Waals surface area (Å²) in [6.07, 6.45) is 10.2. The third-order valence-corrected chi connectivity index (χ3v) is 20.3. The van der Waals surface area contributed by atoms with Crippen LogP contribution >= 0.6 is 11.3 Å². The monoisotopic (exact) mass is 1140 g/mol. The van der Waals surface area contributed by atoms with Crippen LogP contribution in [0.2, 0.25) is 0 Å². The number of anilines is 3. The number of carbonyl (C=O) groups is 3. The van der Waals surface area contributed by atoms with E-state index in [-0.39, 0.29) is 60.5 Å². The van der Waals surface area contributed by atoms with E-state index in [0.29, 0.717) is 66.0 Å². The number of aliphatic hydroxyl groups excluding tert-OH is 1. The number of ether oxygens (including phenoxy) is 1. The minimum absolute atomic E-state index is 0.0698. The van der Waals surface area contributed by atoms with Gasteiger partial charge in [0.25, 0.3) is 0 Å². The molecule has 3 aromatic heterocycles. The molecule has 2 unspecified atom stereocenters. The lowest BCUT2D eigenvalue weighted by molar-refractivity contribution is -0.142. The second-order valence-electron chi connectivity index (χ2n) is 25.0. The van der Waals surface area contributed by atoms with Crippen LogP contribution in [0.3, 0.4) is 0 Å². The first-order valence-electron chi connectivity index (χ1n) is 30.3. The molecule has 19 nitrogen and oxygen atoms in total. The van der Waals surface area contributed by atoms with Crippen LogP contribution in [0.15, 0.2) is 70.7 Å². The summed E-state index contributed by atoms with van der Waals surface area (Å²) in [4.78, 5) is 61.4. The Kier molecular flexibility index (Phi) is 16.6. The number of aromatic hydroxyl groups is 1. The summed E-state index contributed by atoms with van der Waals surface area (Å²) in [5.74, 6) is 1.45. The zero-order valence-corrected chi connectivity index (χ0v) is 48.8. The Hall–Kier alpha value is -6.19. The number of phenols is 1. The van der Waals surface area contributed by atoms with Crippen LogP contribution in [-0.2, 0) is 19.1 Å². The number of thiazole rings is 1. The molecule has 5 aromatic rings. The van der Waals surface area contributed by atoms with Crippen LogP contribution in [0, 0.1) is 24.7 Å². The van der Waals surface area contributed by atoms with E-state index in [9.17, 15) is 24.6 Å². The fourth-order valence-electron chi connectivity index (χ4n) is 14.5. The van der Waals surface area contributed by atoms with Crippen molar-refractivity contribution >= 4 is 46.4 Å². The number of hydrogen-bond acceptors (Lipinski definition) is 17. The van der Waals surface area contributed by atoms with Gasteiger partial charge in [-0.25, -0.2) is 4.98 Å². The lowest BCUT2D eigenvalue weighted by Crippen LogP contribution is -2.58. The van der Waals surface area contributed by atoms with Crippen LogP contribution in [0.5, 0.6) is 5.75 Å². The minimum Gasteiger partial charge on any atom is -0.507 e. The van der Waals surface area contributed by atoms with Gasteiger partial charge in [0.15, 0.2) is 17.4 Å². The molecule has 0 radical (unpaired) electrons. The molecule has 3 amide bonds. The lowest BCUT2D eigenvalue weighted by Gasteiger charge is -2.48. The summed E-state index contributed by atoms with van der Waals surface area (Å²) in [7, 11) is 0. The number of β-amino-alcohol motifs (C(OH)–C–C–N with tert-alkyl or cyclic N) is 1. The van der Waals surface area contributed by atoms with E-state index in [1.54, 1.807) is 28.4 Å². The number of para-hydroxylation sites is 1. The zero-order chi connectivity index (χ0) is 56.8. The Morgan fingerprint density at radius 1 is 0.817 bits per heavy atom. The normalized spacial score (nSPS) is 25.9. The second-order valence-corrected chi connectivity index (χ2v) is 25.9. The largest absolute Gasteiger partial charge is 0.507 e. The molecule has 1 saturated carbocycles. The Morgan fingerprint density at radius 2 is 1.54 bits per heavy atom. The third-order valence-electron chi connectivity index (χ3n) is 19.3. The van der Waals surface area contributed by atoms with Gasteiger partial charge in [-0.15, -0.1) is 21.5 Å². The lowest BCUT2D eigenvalue weighted by atomic mass is 9.84. The van der Waals surface area contributed by atoms with E-state index >= 15 is 0 Å². The van der Waals surface area contributed by atoms with Gasteiger partial charge in [0.2, 0.25) is 17.7 Å². The molecule has 20 heteroatoms. The van der Waals surface area contributed by atoms with Crippen molar-refractivity contribution in [3.8, 4) is 27.4 Å². The Balaban J connectivity index is 0.546. The van der Waals surface area contributed by atoms with Crippen LogP contribution in [0.4, 0.5) is 17.3 Å². The van der Waals surface area contributed by atoms with Crippen molar-refractivity contribution in [2.45, 2.75) is 153 Å². The molecule has 6 atom stereocenters. The Morgan fingerprint density at radius 3 is 2.22 bits per heavy atom. The maximum absolute atomic E-state index is 14.4. The number of likely N-dealkylation sites (tertiary alicyclic amines) is 3. The first kappa shape index (κ1) is 56.3. The first-order chi connectivity index (χ1) is 39.7. The number of piperazine rings is 1. The predicted octanol–water partition coefficient (Wildman–Crippen LogP) is 7.25. The van der Waals surface area contributed by atoms with Crippen LogP contribution < -0.4 is 20.9 Å². The average molecular weight is 1140 g/mol. The van der Waals surface area contributed by atoms with E-state index in [0.717, 1.165) is 143 Å². The van der Waals surface area contributed by atoms with Gasteiger partial charge in [0.05, 0.1) is 51.8 Å². The van der Waals surface area contributed by atoms with Gasteiger partial charge >= 0.3 is 0 Å². The van der Waals surface area contributed by atoms with Crippen molar-refractivity contribution in [3.05, 3.63) is 83.2 Å². The molecule has 6 aliphatic heterocycles. The van der Waals surface area contributed by atoms with Crippen molar-refractivity contribution in [1.29, 1.82) is 0 Å². The molecule has 7 fully saturated rings. The standard InChI is InChI=1S/C62H82N12O7S/c1-37(2)57(62(79)73-35-47(75)29-53(73)60(77)65-38(3)41-9-11-42(12-10-41)58-39(4)64-36-82-58)55-31-56(68-81-55)71-23-15-40(16-24-71)32-69-21-19-48(20-22-69)80-49-27-46(28-49)70-25-17-43(18-26-70)61(78)74-44-13-14-45(74)34-72(33-44)52-30-51(66-67-59(52)63)50-7-5-6-8-54(50)76/h5-12,30-31,36-38,40,43-49,53,57,75-76H,13-29,32-35H2,1-4H3,(H2,63,67)(H,65,77)/t38-,44?,45?,46-,47+,49-,53-,57+/m0/s1. The fraction of sp³-hybridized carbons (Fsp3) is 0.597. The Labute approximate surface area is 485 Å². The molecule has 82 heavy (non-hydrogen) atoms. The summed E-state index contributed by atoms with van der Waals surface area (Å²) >= 11 is 1.60. The van der Waals surface area contributed by atoms with Gasteiger partial charge in [-0.3, -0.25) is 14.4 Å². The van der Waals surface area contributed by atoms with Gasteiger partial charge in [0.1, 0.15) is 17.7 Å². The second kappa shape index (κ2) is 24.2. The van der Waals surface area contributed by atoms with Crippen LogP contribution in [-0.4, -0.2) is 176 Å². The number of nitrogens with one attached hydrogen (secondary N) is 1. The molecule has 6 saturated heterocycles. The topological polar surface area (TPSA) is 223 Å². The molecule has 5 N–H and O–H groups in total. The number of fused-ring (bicyclic) bond motifs is 2. The molecule has 2 bridgehead atoms. The number of nitrogens with two attached hydrogens (primary N) is 1. The summed E-state index contributed by atoms with van der Waals surface area (Å²) in [5.41, 5.74) is 13.3. The Bertz CT molecular complexity index is 3020. The first-order valence-corrected chi connectivity index (χ1v) is 31.2. The SMILES string of the molecule is Cc1ncsc1-c1ccc([C@H](C)NC(=O)[C@@H]2C[C@@H](O)CN2C(=O)[C@@H](c2cc(N3CCC(CN4CCC(O[C@H]5C[C@H](N6CCC(C(=O)N7C8CCC7CN(c7cc(-c9ccccc9O)nnc7N)C8)CC6)C5)CC4)CC3)no2)C(C)C)cc1. The maximum atomic E-state index is 14.4. The van der Waals surface area contributed by atoms with Gasteiger partial charge in [-0.1, -0.05) is 55.4 Å². The van der Waals surface area contributed by atoms with E-state index in [4.69, 9.17) is 15.0 Å². The molecule has 438 valence electrons. The number of amides is 3. The van der Waals surface area contributed by atoms with Crippen LogP contribution in [0.25, 0.3) is 21.7 Å². The zero-order valence-electron chi connectivity index (χ0n) is 48.0. The van der Waals surface area contributed by atoms with Crippen molar-refractivity contribution in [2.24, 2.45) is 17.8 Å². The van der Waals surface area contributed by atoms with Crippen molar-refractivity contribution in [3.63, 3.8) is 0 Å². The molecule has 12 rings (SSSR count). The van der Waals surface area contributed by atoms with Gasteiger partial charge in [0, 0.05) is 94.5 Å². The summed E-state index contributed by atoms with van der Waals surface area (Å²) < 4.78 is 12.7. The molecule has 7 aliphatic rings. The van der Waals surface area contributed by atoms with E-state index in [2.05, 4.69) is 50.2 Å². The fourth-order valence-corrected chi connectivity index (χ4v) is 15.3. The van der Waals surface area contributed by atoms with Gasteiger partial charge in [-0.05, 0) is 132 Å². The highest BCUT2D eigenvalue weighted by molar-refractivity contribution is 7.13. The molecular formula is C62H82N12O7S. The van der Waals surface area contributed by atoms with Crippen molar-refractivity contribution < 1.29 is 33.9 Å². The number of rotatable bonds is 16. The number of phenolic OH excluding ortho intramolecular Hbond substituents is 1. The van der Waals surface area contributed by atoms with E-state index in [1.807, 2.05) is 81.7 Å². The number of carbonyl (C=O) groups excluding carboxylic acids is 3. The van der Waals surface area contributed by atoms with E-state index in [1.165, 1.54) is 0 Å². The number of hydrogen-bond donors (Lipinski definition) is 4. The molecule has 1 aliphatic carbocycles. The van der Waals surface area contributed by atoms with E-state index < -0.39 is 18.1 Å². The molecule has 0 spiro atoms. The molecule has 2 aromatic carbocycles. The summed E-state index contributed by atoms with van der Waals surface area (Å²) in [5, 5.41) is 37.4.